The predicted molar refractivity (Wildman–Crippen MR) is 97.7 cm³/mol. The Labute approximate surface area is 151 Å². The molecule has 0 bridgehead atoms. The molecule has 3 aromatic rings. The fourth-order valence-electron chi connectivity index (χ4n) is 2.26. The van der Waals surface area contributed by atoms with Gasteiger partial charge in [-0.25, -0.2) is 13.1 Å². The first-order chi connectivity index (χ1) is 12.0. The first kappa shape index (κ1) is 17.5. The van der Waals surface area contributed by atoms with E-state index in [9.17, 15) is 8.42 Å². The molecular weight excluding hydrogens is 358 g/mol. The first-order valence-electron chi connectivity index (χ1n) is 7.57. The highest BCUT2D eigenvalue weighted by atomic mass is 35.5. The summed E-state index contributed by atoms with van der Waals surface area (Å²) in [7, 11) is -3.64. The van der Waals surface area contributed by atoms with Crippen molar-refractivity contribution in [1.82, 2.24) is 14.7 Å². The van der Waals surface area contributed by atoms with Crippen LogP contribution in [0, 0.1) is 6.92 Å². The molecule has 0 spiro atoms. The molecule has 3 rings (SSSR count). The lowest BCUT2D eigenvalue weighted by molar-refractivity contribution is 0.581. The maximum absolute atomic E-state index is 12.4. The zero-order valence-electron chi connectivity index (χ0n) is 13.5. The van der Waals surface area contributed by atoms with Crippen molar-refractivity contribution in [2.24, 2.45) is 0 Å². The van der Waals surface area contributed by atoms with E-state index >= 15 is 0 Å². The molecule has 0 unspecified atom stereocenters. The van der Waals surface area contributed by atoms with E-state index in [0.717, 1.165) is 22.4 Å². The minimum atomic E-state index is -3.64. The summed E-state index contributed by atoms with van der Waals surface area (Å²) in [6.45, 7) is 1.98. The number of hydrogen-bond donors (Lipinski definition) is 1. The maximum atomic E-state index is 12.4. The van der Waals surface area contributed by atoms with E-state index in [0.29, 0.717) is 5.02 Å². The molecule has 1 N–H and O–H groups in total. The Morgan fingerprint density at radius 1 is 1.12 bits per heavy atom. The zero-order valence-corrected chi connectivity index (χ0v) is 15.1. The van der Waals surface area contributed by atoms with Crippen LogP contribution in [0.2, 0.25) is 5.02 Å². The molecule has 0 radical (unpaired) electrons. The molecule has 0 atom stereocenters. The third kappa shape index (κ3) is 4.22. The van der Waals surface area contributed by atoms with Crippen molar-refractivity contribution >= 4 is 21.6 Å². The summed E-state index contributed by atoms with van der Waals surface area (Å²) in [4.78, 5) is 8.51. The summed E-state index contributed by atoms with van der Waals surface area (Å²) in [5, 5.41) is 0.422. The summed E-state index contributed by atoms with van der Waals surface area (Å²) < 4.78 is 27.4. The van der Waals surface area contributed by atoms with Gasteiger partial charge in [-0.05, 0) is 54.4 Å². The Kier molecular flexibility index (Phi) is 5.13. The van der Waals surface area contributed by atoms with E-state index in [2.05, 4.69) is 14.7 Å². The lowest BCUT2D eigenvalue weighted by Crippen LogP contribution is -2.23. The molecule has 0 aliphatic rings. The number of aryl methyl sites for hydroxylation is 1. The highest BCUT2D eigenvalue weighted by molar-refractivity contribution is 7.89. The van der Waals surface area contributed by atoms with Crippen molar-refractivity contribution in [2.45, 2.75) is 18.4 Å². The van der Waals surface area contributed by atoms with E-state index in [4.69, 9.17) is 11.6 Å². The van der Waals surface area contributed by atoms with Crippen LogP contribution in [0.5, 0.6) is 0 Å². The van der Waals surface area contributed by atoms with Crippen LogP contribution in [-0.2, 0) is 16.6 Å². The molecule has 5 nitrogen and oxygen atoms in total. The van der Waals surface area contributed by atoms with Crippen LogP contribution in [0.4, 0.5) is 0 Å². The van der Waals surface area contributed by atoms with Crippen molar-refractivity contribution in [3.05, 3.63) is 77.2 Å². The molecule has 0 saturated carbocycles. The van der Waals surface area contributed by atoms with E-state index in [1.54, 1.807) is 30.7 Å². The molecule has 0 fully saturated rings. The quantitative estimate of drug-likeness (QED) is 0.741. The maximum Gasteiger partial charge on any atom is 0.240 e. The van der Waals surface area contributed by atoms with Crippen molar-refractivity contribution in [3.8, 4) is 11.3 Å². The summed E-state index contributed by atoms with van der Waals surface area (Å²) in [6.07, 6.45) is 5.05. The molecule has 2 aromatic heterocycles. The molecule has 0 saturated heterocycles. The van der Waals surface area contributed by atoms with Crippen molar-refractivity contribution < 1.29 is 8.42 Å². The van der Waals surface area contributed by atoms with Gasteiger partial charge in [-0.3, -0.25) is 9.97 Å². The fourth-order valence-corrected chi connectivity index (χ4v) is 3.55. The SMILES string of the molecule is Cc1ccc(S(=O)(=O)NCc2ccnc(-c3cccnc3)c2)cc1Cl. The van der Waals surface area contributed by atoms with Crippen LogP contribution in [0.3, 0.4) is 0 Å². The van der Waals surface area contributed by atoms with Gasteiger partial charge < -0.3 is 0 Å². The largest absolute Gasteiger partial charge is 0.264 e. The third-order valence-electron chi connectivity index (χ3n) is 3.70. The first-order valence-corrected chi connectivity index (χ1v) is 9.43. The number of nitrogens with zero attached hydrogens (tertiary/aromatic N) is 2. The van der Waals surface area contributed by atoms with Crippen molar-refractivity contribution in [3.63, 3.8) is 0 Å². The number of nitrogens with one attached hydrogen (secondary N) is 1. The Bertz CT molecular complexity index is 992. The highest BCUT2D eigenvalue weighted by Gasteiger charge is 2.15. The van der Waals surface area contributed by atoms with Gasteiger partial charge >= 0.3 is 0 Å². The highest BCUT2D eigenvalue weighted by Crippen LogP contribution is 2.20. The van der Waals surface area contributed by atoms with Crippen LogP contribution in [-0.4, -0.2) is 18.4 Å². The minimum Gasteiger partial charge on any atom is -0.264 e. The van der Waals surface area contributed by atoms with Gasteiger partial charge in [0.15, 0.2) is 0 Å². The molecule has 7 heteroatoms. The molecular formula is C18H16ClN3O2S. The standard InChI is InChI=1S/C18H16ClN3O2S/c1-13-4-5-16(10-17(13)19)25(23,24)22-11-14-6-8-21-18(9-14)15-3-2-7-20-12-15/h2-10,12,22H,11H2,1H3. The van der Waals surface area contributed by atoms with E-state index < -0.39 is 10.0 Å². The Balaban J connectivity index is 1.78. The van der Waals surface area contributed by atoms with Gasteiger partial charge in [0.05, 0.1) is 10.6 Å². The van der Waals surface area contributed by atoms with Gasteiger partial charge in [0, 0.05) is 35.7 Å². The van der Waals surface area contributed by atoms with Gasteiger partial charge in [0.25, 0.3) is 0 Å². The minimum absolute atomic E-state index is 0.143. The van der Waals surface area contributed by atoms with Gasteiger partial charge in [-0.15, -0.1) is 0 Å². The number of hydrogen-bond acceptors (Lipinski definition) is 4. The second-order valence-electron chi connectivity index (χ2n) is 5.53. The average Bonchev–Trinajstić information content (AvgIpc) is 2.63. The van der Waals surface area contributed by atoms with Gasteiger partial charge in [-0.2, -0.15) is 0 Å². The second kappa shape index (κ2) is 7.31. The lowest BCUT2D eigenvalue weighted by Gasteiger charge is -2.09. The van der Waals surface area contributed by atoms with Gasteiger partial charge in [0.2, 0.25) is 10.0 Å². The number of sulfonamides is 1. The summed E-state index contributed by atoms with van der Waals surface area (Å²) >= 11 is 6.02. The van der Waals surface area contributed by atoms with E-state index in [1.165, 1.54) is 12.1 Å². The monoisotopic (exact) mass is 373 g/mol. The third-order valence-corrected chi connectivity index (χ3v) is 5.51. The summed E-state index contributed by atoms with van der Waals surface area (Å²) in [5.74, 6) is 0. The Morgan fingerprint density at radius 3 is 2.68 bits per heavy atom. The molecule has 2 heterocycles. The Morgan fingerprint density at radius 2 is 1.96 bits per heavy atom. The van der Waals surface area contributed by atoms with E-state index in [1.807, 2.05) is 25.1 Å². The average molecular weight is 374 g/mol. The summed E-state index contributed by atoms with van der Waals surface area (Å²) in [6, 6.07) is 12.0. The lowest BCUT2D eigenvalue weighted by atomic mass is 10.1. The second-order valence-corrected chi connectivity index (χ2v) is 7.70. The zero-order chi connectivity index (χ0) is 17.9. The normalized spacial score (nSPS) is 11.4. The molecule has 128 valence electrons. The molecule has 1 aromatic carbocycles. The number of benzene rings is 1. The van der Waals surface area contributed by atoms with Crippen LogP contribution >= 0.6 is 11.6 Å². The van der Waals surface area contributed by atoms with Crippen LogP contribution in [0.1, 0.15) is 11.1 Å². The van der Waals surface area contributed by atoms with E-state index in [-0.39, 0.29) is 11.4 Å². The molecule has 25 heavy (non-hydrogen) atoms. The van der Waals surface area contributed by atoms with Crippen molar-refractivity contribution in [2.75, 3.05) is 0 Å². The Hall–Kier alpha value is -2.28. The molecule has 0 amide bonds. The number of pyridine rings is 2. The van der Waals surface area contributed by atoms with Gasteiger partial charge in [-0.1, -0.05) is 17.7 Å². The van der Waals surface area contributed by atoms with Gasteiger partial charge in [0.1, 0.15) is 0 Å². The molecule has 0 aliphatic carbocycles. The molecule has 0 aliphatic heterocycles. The van der Waals surface area contributed by atoms with Crippen molar-refractivity contribution in [1.29, 1.82) is 0 Å². The van der Waals surface area contributed by atoms with Crippen LogP contribution in [0.25, 0.3) is 11.3 Å². The topological polar surface area (TPSA) is 72.0 Å². The number of aromatic nitrogens is 2. The van der Waals surface area contributed by atoms with Crippen LogP contribution < -0.4 is 4.72 Å². The van der Waals surface area contributed by atoms with Crippen LogP contribution in [0.15, 0.2) is 66.0 Å². The number of rotatable bonds is 5. The smallest absolute Gasteiger partial charge is 0.240 e. The number of halogens is 1. The fraction of sp³-hybridized carbons (Fsp3) is 0.111. The summed E-state index contributed by atoms with van der Waals surface area (Å²) in [5.41, 5.74) is 3.24. The predicted octanol–water partition coefficient (Wildman–Crippen LogP) is 3.58.